The Hall–Kier alpha value is -1.65. The van der Waals surface area contributed by atoms with Crippen LogP contribution in [0.4, 0.5) is 0 Å². The monoisotopic (exact) mass is 329 g/mol. The van der Waals surface area contributed by atoms with Crippen LogP contribution in [0.5, 0.6) is 0 Å². The molecule has 1 aromatic carbocycles. The maximum atomic E-state index is 12.8. The van der Waals surface area contributed by atoms with E-state index in [1.165, 1.54) is 9.75 Å². The quantitative estimate of drug-likeness (QED) is 0.920. The number of rotatable bonds is 4. The second-order valence-corrected chi connectivity index (χ2v) is 7.83. The van der Waals surface area contributed by atoms with Gasteiger partial charge in [0.25, 0.3) is 0 Å². The van der Waals surface area contributed by atoms with Gasteiger partial charge in [0.05, 0.1) is 18.1 Å². The number of nitrogens with zero attached hydrogens (tertiary/aromatic N) is 1. The lowest BCUT2D eigenvalue weighted by Gasteiger charge is -2.29. The van der Waals surface area contributed by atoms with Gasteiger partial charge >= 0.3 is 0 Å². The standard InChI is InChI=1S/C19H23NO2S/c1-14-10-11-17(23-14)16-9-6-12-20(16)18(21)13-19(2,22)15-7-4-3-5-8-15/h3-5,7-8,10-11,16,22H,6,9,12-13H2,1-2H3. The number of benzene rings is 1. The molecule has 1 aromatic heterocycles. The van der Waals surface area contributed by atoms with E-state index in [0.29, 0.717) is 0 Å². The first-order valence-electron chi connectivity index (χ1n) is 8.11. The molecule has 1 aliphatic rings. The summed E-state index contributed by atoms with van der Waals surface area (Å²) >= 11 is 1.76. The van der Waals surface area contributed by atoms with E-state index < -0.39 is 5.60 Å². The smallest absolute Gasteiger partial charge is 0.226 e. The number of thiophene rings is 1. The Morgan fingerprint density at radius 1 is 1.30 bits per heavy atom. The predicted molar refractivity (Wildman–Crippen MR) is 93.4 cm³/mol. The number of amides is 1. The van der Waals surface area contributed by atoms with Gasteiger partial charge in [-0.3, -0.25) is 4.79 Å². The Balaban J connectivity index is 1.74. The molecule has 4 heteroatoms. The van der Waals surface area contributed by atoms with Gasteiger partial charge in [-0.2, -0.15) is 0 Å². The van der Waals surface area contributed by atoms with Gasteiger partial charge in [-0.1, -0.05) is 30.3 Å². The summed E-state index contributed by atoms with van der Waals surface area (Å²) in [6, 6.07) is 13.9. The Labute approximate surface area is 141 Å². The molecular formula is C19H23NO2S. The molecule has 1 amide bonds. The summed E-state index contributed by atoms with van der Waals surface area (Å²) in [5, 5.41) is 10.7. The lowest BCUT2D eigenvalue weighted by molar-refractivity contribution is -0.137. The zero-order valence-electron chi connectivity index (χ0n) is 13.7. The Morgan fingerprint density at radius 2 is 2.04 bits per heavy atom. The van der Waals surface area contributed by atoms with Gasteiger partial charge in [-0.25, -0.2) is 0 Å². The minimum atomic E-state index is -1.13. The lowest BCUT2D eigenvalue weighted by Crippen LogP contribution is -2.36. The van der Waals surface area contributed by atoms with Crippen LogP contribution in [0, 0.1) is 6.92 Å². The van der Waals surface area contributed by atoms with Crippen LogP contribution in [0.2, 0.25) is 0 Å². The van der Waals surface area contributed by atoms with E-state index >= 15 is 0 Å². The van der Waals surface area contributed by atoms with Gasteiger partial charge in [0.15, 0.2) is 0 Å². The van der Waals surface area contributed by atoms with Gasteiger partial charge in [-0.15, -0.1) is 11.3 Å². The van der Waals surface area contributed by atoms with E-state index in [4.69, 9.17) is 0 Å². The molecule has 1 aliphatic heterocycles. The summed E-state index contributed by atoms with van der Waals surface area (Å²) < 4.78 is 0. The van der Waals surface area contributed by atoms with Crippen LogP contribution in [-0.2, 0) is 10.4 Å². The third-order valence-corrected chi connectivity index (χ3v) is 5.66. The second kappa shape index (κ2) is 6.46. The van der Waals surface area contributed by atoms with E-state index in [0.717, 1.165) is 24.9 Å². The van der Waals surface area contributed by atoms with E-state index in [9.17, 15) is 9.90 Å². The van der Waals surface area contributed by atoms with E-state index in [2.05, 4.69) is 19.1 Å². The topological polar surface area (TPSA) is 40.5 Å². The van der Waals surface area contributed by atoms with Crippen molar-refractivity contribution in [3.63, 3.8) is 0 Å². The third-order valence-electron chi connectivity index (χ3n) is 4.55. The van der Waals surface area contributed by atoms with E-state index in [1.807, 2.05) is 35.2 Å². The number of hydrogen-bond donors (Lipinski definition) is 1. The van der Waals surface area contributed by atoms with Gasteiger partial charge in [-0.05, 0) is 44.4 Å². The van der Waals surface area contributed by atoms with Gasteiger partial charge in [0, 0.05) is 16.3 Å². The van der Waals surface area contributed by atoms with Crippen molar-refractivity contribution in [1.82, 2.24) is 4.90 Å². The van der Waals surface area contributed by atoms with E-state index in [-0.39, 0.29) is 18.4 Å². The van der Waals surface area contributed by atoms with Crippen molar-refractivity contribution in [2.45, 2.75) is 44.8 Å². The third kappa shape index (κ3) is 3.48. The Bertz CT molecular complexity index is 678. The van der Waals surface area contributed by atoms with Crippen LogP contribution in [0.15, 0.2) is 42.5 Å². The Morgan fingerprint density at radius 3 is 2.70 bits per heavy atom. The molecule has 3 rings (SSSR count). The molecule has 2 aromatic rings. The first-order chi connectivity index (χ1) is 11.0. The molecular weight excluding hydrogens is 306 g/mol. The summed E-state index contributed by atoms with van der Waals surface area (Å²) in [7, 11) is 0. The fourth-order valence-corrected chi connectivity index (χ4v) is 4.31. The highest BCUT2D eigenvalue weighted by molar-refractivity contribution is 7.12. The molecule has 0 bridgehead atoms. The lowest BCUT2D eigenvalue weighted by atomic mass is 9.92. The van der Waals surface area contributed by atoms with Crippen molar-refractivity contribution in [2.24, 2.45) is 0 Å². The summed E-state index contributed by atoms with van der Waals surface area (Å²) in [5.74, 6) is 0.0346. The highest BCUT2D eigenvalue weighted by Crippen LogP contribution is 2.37. The molecule has 2 heterocycles. The highest BCUT2D eigenvalue weighted by Gasteiger charge is 2.35. The molecule has 1 fully saturated rings. The molecule has 1 N–H and O–H groups in total. The average Bonchev–Trinajstić information content (AvgIpc) is 3.16. The minimum absolute atomic E-state index is 0.0346. The van der Waals surface area contributed by atoms with Crippen LogP contribution >= 0.6 is 11.3 Å². The van der Waals surface area contributed by atoms with E-state index in [1.54, 1.807) is 18.3 Å². The predicted octanol–water partition coefficient (Wildman–Crippen LogP) is 4.02. The number of hydrogen-bond acceptors (Lipinski definition) is 3. The minimum Gasteiger partial charge on any atom is -0.385 e. The van der Waals surface area contributed by atoms with Gasteiger partial charge < -0.3 is 10.0 Å². The maximum Gasteiger partial charge on any atom is 0.226 e. The molecule has 23 heavy (non-hydrogen) atoms. The molecule has 3 nitrogen and oxygen atoms in total. The number of likely N-dealkylation sites (tertiary alicyclic amines) is 1. The molecule has 0 aliphatic carbocycles. The number of carbonyl (C=O) groups is 1. The normalized spacial score (nSPS) is 20.5. The van der Waals surface area contributed by atoms with Crippen molar-refractivity contribution in [1.29, 1.82) is 0 Å². The van der Waals surface area contributed by atoms with Crippen LogP contribution in [0.25, 0.3) is 0 Å². The van der Waals surface area contributed by atoms with Gasteiger partial charge in [0.1, 0.15) is 0 Å². The zero-order valence-corrected chi connectivity index (χ0v) is 14.5. The second-order valence-electron chi connectivity index (χ2n) is 6.51. The summed E-state index contributed by atoms with van der Waals surface area (Å²) in [6.07, 6.45) is 2.16. The van der Waals surface area contributed by atoms with Crippen molar-refractivity contribution in [3.05, 3.63) is 57.8 Å². The van der Waals surface area contributed by atoms with Crippen molar-refractivity contribution in [2.75, 3.05) is 6.54 Å². The SMILES string of the molecule is Cc1ccc(C2CCCN2C(=O)CC(C)(O)c2ccccc2)s1. The van der Waals surface area contributed by atoms with Crippen molar-refractivity contribution >= 4 is 17.2 Å². The van der Waals surface area contributed by atoms with Gasteiger partial charge in [0.2, 0.25) is 5.91 Å². The largest absolute Gasteiger partial charge is 0.385 e. The summed E-state index contributed by atoms with van der Waals surface area (Å²) in [5.41, 5.74) is -0.340. The van der Waals surface area contributed by atoms with Crippen LogP contribution in [-0.4, -0.2) is 22.5 Å². The molecule has 122 valence electrons. The Kier molecular flexibility index (Phi) is 4.55. The first-order valence-corrected chi connectivity index (χ1v) is 8.93. The maximum absolute atomic E-state index is 12.8. The molecule has 0 radical (unpaired) electrons. The number of aryl methyl sites for hydroxylation is 1. The first kappa shape index (κ1) is 16.2. The molecule has 2 atom stereocenters. The fraction of sp³-hybridized carbons (Fsp3) is 0.421. The number of carbonyl (C=O) groups excluding carboxylic acids is 1. The van der Waals surface area contributed by atoms with Crippen molar-refractivity contribution < 1.29 is 9.90 Å². The summed E-state index contributed by atoms with van der Waals surface area (Å²) in [4.78, 5) is 17.3. The molecule has 0 saturated carbocycles. The summed E-state index contributed by atoms with van der Waals surface area (Å²) in [6.45, 7) is 4.60. The highest BCUT2D eigenvalue weighted by atomic mass is 32.1. The zero-order chi connectivity index (χ0) is 16.4. The van der Waals surface area contributed by atoms with Crippen LogP contribution in [0.1, 0.15) is 47.5 Å². The fourth-order valence-electron chi connectivity index (χ4n) is 3.29. The van der Waals surface area contributed by atoms with Crippen LogP contribution < -0.4 is 0 Å². The van der Waals surface area contributed by atoms with Crippen molar-refractivity contribution in [3.8, 4) is 0 Å². The number of aliphatic hydroxyl groups is 1. The molecule has 2 unspecified atom stereocenters. The average molecular weight is 329 g/mol. The molecule has 0 spiro atoms. The van der Waals surface area contributed by atoms with Crippen LogP contribution in [0.3, 0.4) is 0 Å². The molecule has 1 saturated heterocycles.